The van der Waals surface area contributed by atoms with E-state index in [1.165, 1.54) is 0 Å². The van der Waals surface area contributed by atoms with Crippen LogP contribution in [0.15, 0.2) is 66.0 Å². The second kappa shape index (κ2) is 8.57. The van der Waals surface area contributed by atoms with Gasteiger partial charge in [-0.1, -0.05) is 85.6 Å². The van der Waals surface area contributed by atoms with Gasteiger partial charge >= 0.3 is 0 Å². The van der Waals surface area contributed by atoms with Gasteiger partial charge in [-0.3, -0.25) is 4.98 Å². The summed E-state index contributed by atoms with van der Waals surface area (Å²) in [5.74, 6) is 0. The fourth-order valence-electron chi connectivity index (χ4n) is 2.47. The van der Waals surface area contributed by atoms with Crippen molar-refractivity contribution in [3.05, 3.63) is 87.3 Å². The molecule has 0 unspecified atom stereocenters. The first-order valence-electron chi connectivity index (χ1n) is 7.90. The minimum atomic E-state index is 0.479. The molecule has 130 valence electrons. The van der Waals surface area contributed by atoms with Gasteiger partial charge in [-0.2, -0.15) is 0 Å². The van der Waals surface area contributed by atoms with Crippen LogP contribution in [0.25, 0.3) is 11.3 Å². The van der Waals surface area contributed by atoms with Crippen LogP contribution in [0.2, 0.25) is 10.0 Å². The molecule has 5 heteroatoms. The Labute approximate surface area is 164 Å². The first-order chi connectivity index (χ1) is 12.0. The van der Waals surface area contributed by atoms with Gasteiger partial charge in [-0.05, 0) is 17.7 Å². The van der Waals surface area contributed by atoms with E-state index in [0.717, 1.165) is 16.8 Å². The van der Waals surface area contributed by atoms with Gasteiger partial charge in [-0.25, -0.2) is 0 Å². The van der Waals surface area contributed by atoms with Gasteiger partial charge in [0.25, 0.3) is 0 Å². The highest BCUT2D eigenvalue weighted by Crippen LogP contribution is 2.40. The van der Waals surface area contributed by atoms with Crippen molar-refractivity contribution in [1.29, 1.82) is 0 Å². The van der Waals surface area contributed by atoms with Crippen molar-refractivity contribution in [2.24, 2.45) is 0 Å². The zero-order valence-electron chi connectivity index (χ0n) is 14.4. The van der Waals surface area contributed by atoms with Crippen molar-refractivity contribution in [3.63, 3.8) is 0 Å². The number of hydrogen-bond donors (Lipinski definition) is 0. The second-order valence-electron chi connectivity index (χ2n) is 5.11. The molecule has 3 rings (SSSR count). The van der Waals surface area contributed by atoms with Crippen LogP contribution in [0.5, 0.6) is 0 Å². The number of likely N-dealkylation sites (N-methyl/N-ethyl adjacent to an activating group) is 1. The molecule has 1 aliphatic rings. The van der Waals surface area contributed by atoms with Crippen molar-refractivity contribution in [2.75, 3.05) is 7.05 Å². The molecule has 25 heavy (non-hydrogen) atoms. The van der Waals surface area contributed by atoms with Crippen molar-refractivity contribution in [3.8, 4) is 0 Å². The van der Waals surface area contributed by atoms with Crippen LogP contribution >= 0.6 is 34.8 Å². The summed E-state index contributed by atoms with van der Waals surface area (Å²) in [7, 11) is 1.89. The van der Waals surface area contributed by atoms with Gasteiger partial charge in [0.2, 0.25) is 0 Å². The predicted molar refractivity (Wildman–Crippen MR) is 110 cm³/mol. The predicted octanol–water partition coefficient (Wildman–Crippen LogP) is 6.86. The highest BCUT2D eigenvalue weighted by molar-refractivity contribution is 6.36. The lowest BCUT2D eigenvalue weighted by Gasteiger charge is -2.30. The van der Waals surface area contributed by atoms with E-state index in [4.69, 9.17) is 34.8 Å². The lowest BCUT2D eigenvalue weighted by Crippen LogP contribution is -2.21. The quantitative estimate of drug-likeness (QED) is 0.553. The summed E-state index contributed by atoms with van der Waals surface area (Å²) in [5.41, 5.74) is 4.12. The Morgan fingerprint density at radius 2 is 1.68 bits per heavy atom. The monoisotopic (exact) mass is 392 g/mol. The lowest BCUT2D eigenvalue weighted by molar-refractivity contribution is 0.611. The number of nitrogens with zero attached hydrogens (tertiary/aromatic N) is 2. The molecule has 0 N–H and O–H groups in total. The smallest absolute Gasteiger partial charge is 0.106 e. The van der Waals surface area contributed by atoms with Gasteiger partial charge in [-0.15, -0.1) is 0 Å². The van der Waals surface area contributed by atoms with Crippen LogP contribution in [0.1, 0.15) is 25.1 Å². The molecule has 0 radical (unpaired) electrons. The van der Waals surface area contributed by atoms with E-state index in [1.807, 2.05) is 62.2 Å². The summed E-state index contributed by atoms with van der Waals surface area (Å²) >= 11 is 18.7. The molecule has 0 atom stereocenters. The molecule has 1 aliphatic heterocycles. The van der Waals surface area contributed by atoms with Crippen LogP contribution in [0.3, 0.4) is 0 Å². The van der Waals surface area contributed by atoms with Crippen molar-refractivity contribution in [2.45, 2.75) is 13.8 Å². The molecule has 1 aromatic heterocycles. The maximum Gasteiger partial charge on any atom is 0.106 e. The first kappa shape index (κ1) is 19.6. The largest absolute Gasteiger partial charge is 0.342 e. The van der Waals surface area contributed by atoms with E-state index in [2.05, 4.69) is 11.6 Å². The average molecular weight is 394 g/mol. The van der Waals surface area contributed by atoms with E-state index in [-0.39, 0.29) is 0 Å². The maximum absolute atomic E-state index is 6.37. The van der Waals surface area contributed by atoms with Gasteiger partial charge in [0, 0.05) is 18.8 Å². The molecule has 2 aromatic rings. The van der Waals surface area contributed by atoms with Gasteiger partial charge in [0.15, 0.2) is 0 Å². The van der Waals surface area contributed by atoms with Gasteiger partial charge < -0.3 is 4.90 Å². The highest BCUT2D eigenvalue weighted by atomic mass is 35.5. The molecule has 0 saturated heterocycles. The van der Waals surface area contributed by atoms with E-state index in [9.17, 15) is 0 Å². The third-order valence-electron chi connectivity index (χ3n) is 3.66. The second-order valence-corrected chi connectivity index (χ2v) is 6.36. The highest BCUT2D eigenvalue weighted by Gasteiger charge is 2.25. The SMILES string of the molecule is C=C1C(Cl)=CC(c2ccccc2)=C(c2ncc(Cl)cc2Cl)N1C.CC. The molecule has 0 amide bonds. The van der Waals surface area contributed by atoms with Crippen LogP contribution in [0.4, 0.5) is 0 Å². The average Bonchev–Trinajstić information content (AvgIpc) is 2.63. The normalized spacial score (nSPS) is 14.1. The van der Waals surface area contributed by atoms with Crippen molar-refractivity contribution < 1.29 is 0 Å². The van der Waals surface area contributed by atoms with Gasteiger partial charge in [0.05, 0.1) is 26.5 Å². The van der Waals surface area contributed by atoms with Crippen molar-refractivity contribution in [1.82, 2.24) is 9.88 Å². The number of benzene rings is 1. The topological polar surface area (TPSA) is 16.1 Å². The van der Waals surface area contributed by atoms with Crippen LogP contribution in [-0.4, -0.2) is 16.9 Å². The minimum absolute atomic E-state index is 0.479. The number of rotatable bonds is 2. The summed E-state index contributed by atoms with van der Waals surface area (Å²) in [6, 6.07) is 11.6. The Kier molecular flexibility index (Phi) is 6.71. The summed E-state index contributed by atoms with van der Waals surface area (Å²) in [4.78, 5) is 6.31. The van der Waals surface area contributed by atoms with E-state index in [0.29, 0.717) is 26.5 Å². The van der Waals surface area contributed by atoms with E-state index >= 15 is 0 Å². The van der Waals surface area contributed by atoms with E-state index < -0.39 is 0 Å². The molecule has 2 nitrogen and oxygen atoms in total. The van der Waals surface area contributed by atoms with Crippen LogP contribution < -0.4 is 0 Å². The molecular weight excluding hydrogens is 375 g/mol. The number of aromatic nitrogens is 1. The first-order valence-corrected chi connectivity index (χ1v) is 9.03. The third kappa shape index (κ3) is 4.09. The molecule has 2 heterocycles. The summed E-state index contributed by atoms with van der Waals surface area (Å²) in [6.07, 6.45) is 3.47. The van der Waals surface area contributed by atoms with Gasteiger partial charge in [0.1, 0.15) is 5.69 Å². The molecular formula is C20H19Cl3N2. The summed E-state index contributed by atoms with van der Waals surface area (Å²) in [5, 5.41) is 1.55. The Morgan fingerprint density at radius 3 is 2.28 bits per heavy atom. The Bertz CT molecular complexity index is 839. The fourth-order valence-corrected chi connectivity index (χ4v) is 3.17. The zero-order chi connectivity index (χ0) is 18.6. The molecule has 0 saturated carbocycles. The molecule has 0 bridgehead atoms. The van der Waals surface area contributed by atoms with Crippen LogP contribution in [0, 0.1) is 0 Å². The number of pyridine rings is 1. The summed E-state index contributed by atoms with van der Waals surface area (Å²) in [6.45, 7) is 8.02. The Balaban J connectivity index is 0.00000109. The third-order valence-corrected chi connectivity index (χ3v) is 4.48. The number of hydrogen-bond acceptors (Lipinski definition) is 2. The zero-order valence-corrected chi connectivity index (χ0v) is 16.6. The lowest BCUT2D eigenvalue weighted by atomic mass is 9.97. The Morgan fingerprint density at radius 1 is 1.04 bits per heavy atom. The Hall–Kier alpha value is -1.74. The number of allylic oxidation sites excluding steroid dienone is 3. The summed E-state index contributed by atoms with van der Waals surface area (Å²) < 4.78 is 0. The molecule has 0 aliphatic carbocycles. The number of halogens is 3. The van der Waals surface area contributed by atoms with Crippen molar-refractivity contribution >= 4 is 46.1 Å². The molecule has 0 fully saturated rings. The minimum Gasteiger partial charge on any atom is -0.342 e. The van der Waals surface area contributed by atoms with E-state index in [1.54, 1.807) is 12.3 Å². The molecule has 1 aromatic carbocycles. The fraction of sp³-hybridized carbons (Fsp3) is 0.150. The maximum atomic E-state index is 6.37. The standard InChI is InChI=1S/C18H13Cl3N2.C2H6/c1-11-15(20)9-14(12-6-4-3-5-7-12)18(23(11)2)17-16(21)8-13(19)10-22-17;1-2/h3-10H,1H2,2H3;1-2H3. The molecule has 0 spiro atoms. The van der Waals surface area contributed by atoms with Crippen LogP contribution in [-0.2, 0) is 0 Å².